The molecular formula is C40H72N6O7. The van der Waals surface area contributed by atoms with Crippen LogP contribution in [0.15, 0.2) is 0 Å². The van der Waals surface area contributed by atoms with E-state index in [2.05, 4.69) is 10.6 Å². The Morgan fingerprint density at radius 1 is 0.509 bits per heavy atom. The van der Waals surface area contributed by atoms with Gasteiger partial charge in [-0.25, -0.2) is 0 Å². The van der Waals surface area contributed by atoms with Gasteiger partial charge in [0.15, 0.2) is 5.78 Å². The molecule has 0 aromatic carbocycles. The lowest BCUT2D eigenvalue weighted by Gasteiger charge is -2.36. The first kappa shape index (κ1) is 47.5. The molecule has 0 aromatic rings. The fourth-order valence-corrected chi connectivity index (χ4v) is 6.97. The quantitative estimate of drug-likeness (QED) is 0.193. The maximum absolute atomic E-state index is 14.2. The van der Waals surface area contributed by atoms with Crippen molar-refractivity contribution < 1.29 is 33.6 Å². The Kier molecular flexibility index (Phi) is 18.2. The smallest absolute Gasteiger partial charge is 0.245 e. The summed E-state index contributed by atoms with van der Waals surface area (Å²) >= 11 is 0. The second-order valence-electron chi connectivity index (χ2n) is 17.1. The van der Waals surface area contributed by atoms with Crippen molar-refractivity contribution >= 4 is 41.2 Å². The van der Waals surface area contributed by atoms with Crippen molar-refractivity contribution in [2.45, 2.75) is 146 Å². The molecule has 0 spiro atoms. The van der Waals surface area contributed by atoms with E-state index in [-0.39, 0.29) is 53.1 Å². The third-order valence-electron chi connectivity index (χ3n) is 11.3. The summed E-state index contributed by atoms with van der Waals surface area (Å²) in [7, 11) is 6.11. The zero-order valence-electron chi connectivity index (χ0n) is 35.8. The maximum atomic E-state index is 14.2. The summed E-state index contributed by atoms with van der Waals surface area (Å²) in [4.78, 5) is 99.7. The van der Waals surface area contributed by atoms with E-state index >= 15 is 0 Å². The molecule has 1 aliphatic carbocycles. The highest BCUT2D eigenvalue weighted by atomic mass is 16.2. The molecule has 2 N–H and O–H groups in total. The van der Waals surface area contributed by atoms with E-state index in [1.807, 2.05) is 62.3 Å². The van der Waals surface area contributed by atoms with Crippen LogP contribution < -0.4 is 10.6 Å². The number of nitrogens with one attached hydrogen (secondary N) is 2. The summed E-state index contributed by atoms with van der Waals surface area (Å²) < 4.78 is 0. The number of Topliss-reactive ketones (excluding diaryl/α,β-unsaturated/α-hetero) is 1. The van der Waals surface area contributed by atoms with E-state index in [4.69, 9.17) is 0 Å². The molecule has 13 nitrogen and oxygen atoms in total. The van der Waals surface area contributed by atoms with E-state index in [1.54, 1.807) is 20.8 Å². The number of carbonyl (C=O) groups excluding carboxylic acids is 7. The second-order valence-corrected chi connectivity index (χ2v) is 17.1. The average Bonchev–Trinajstić information content (AvgIpc) is 3.68. The van der Waals surface area contributed by atoms with Crippen molar-refractivity contribution in [2.24, 2.45) is 41.4 Å². The Morgan fingerprint density at radius 3 is 1.34 bits per heavy atom. The molecule has 0 bridgehead atoms. The molecule has 1 saturated carbocycles. The van der Waals surface area contributed by atoms with Gasteiger partial charge in [0.25, 0.3) is 0 Å². The highest BCUT2D eigenvalue weighted by molar-refractivity contribution is 5.97. The van der Waals surface area contributed by atoms with Crippen LogP contribution in [-0.4, -0.2) is 125 Å². The number of hydrogen-bond acceptors (Lipinski definition) is 7. The van der Waals surface area contributed by atoms with Gasteiger partial charge in [-0.3, -0.25) is 33.6 Å². The lowest BCUT2D eigenvalue weighted by molar-refractivity contribution is -0.150. The summed E-state index contributed by atoms with van der Waals surface area (Å²) in [5, 5.41) is 5.90. The predicted octanol–water partition coefficient (Wildman–Crippen LogP) is 3.59. The van der Waals surface area contributed by atoms with Crippen molar-refractivity contribution in [2.75, 3.05) is 28.2 Å². The van der Waals surface area contributed by atoms with E-state index in [0.717, 1.165) is 0 Å². The van der Waals surface area contributed by atoms with Gasteiger partial charge in [-0.2, -0.15) is 0 Å². The van der Waals surface area contributed by atoms with E-state index < -0.39 is 59.9 Å². The number of hydrogen-bond donors (Lipinski definition) is 2. The molecule has 304 valence electrons. The molecule has 1 fully saturated rings. The second kappa shape index (κ2) is 20.2. The van der Waals surface area contributed by atoms with Crippen molar-refractivity contribution in [1.82, 2.24) is 30.2 Å². The zero-order valence-corrected chi connectivity index (χ0v) is 35.8. The van der Waals surface area contributed by atoms with Gasteiger partial charge in [0.2, 0.25) is 35.4 Å². The molecule has 6 amide bonds. The summed E-state index contributed by atoms with van der Waals surface area (Å²) in [5.41, 5.74) is 0. The number of rotatable bonds is 20. The first-order chi connectivity index (χ1) is 24.3. The van der Waals surface area contributed by atoms with Gasteiger partial charge in [0.1, 0.15) is 30.2 Å². The molecule has 53 heavy (non-hydrogen) atoms. The average molecular weight is 749 g/mol. The van der Waals surface area contributed by atoms with Crippen LogP contribution in [0.2, 0.25) is 0 Å². The minimum absolute atomic E-state index is 0.00109. The Bertz CT molecular complexity index is 1310. The minimum Gasteiger partial charge on any atom is -0.344 e. The zero-order chi connectivity index (χ0) is 41.4. The van der Waals surface area contributed by atoms with Gasteiger partial charge in [0, 0.05) is 34.1 Å². The largest absolute Gasteiger partial charge is 0.344 e. The monoisotopic (exact) mass is 749 g/mol. The van der Waals surface area contributed by atoms with Gasteiger partial charge in [-0.1, -0.05) is 62.3 Å². The molecule has 1 aliphatic rings. The molecule has 9 unspecified atom stereocenters. The Hall–Kier alpha value is -3.51. The lowest BCUT2D eigenvalue weighted by atomic mass is 9.96. The molecule has 9 atom stereocenters. The number of amides is 6. The molecule has 0 aromatic heterocycles. The fourth-order valence-electron chi connectivity index (χ4n) is 6.97. The Balaban J connectivity index is 3.32. The normalized spacial score (nSPS) is 20.7. The van der Waals surface area contributed by atoms with Crippen LogP contribution in [0, 0.1) is 41.4 Å². The number of nitrogens with zero attached hydrogens (tertiary/aromatic N) is 4. The van der Waals surface area contributed by atoms with Crippen LogP contribution >= 0.6 is 0 Å². The minimum atomic E-state index is -0.956. The third kappa shape index (κ3) is 12.8. The molecule has 1 rings (SSSR count). The summed E-state index contributed by atoms with van der Waals surface area (Å²) in [6.45, 7) is 24.0. The first-order valence-corrected chi connectivity index (χ1v) is 19.5. The first-order valence-electron chi connectivity index (χ1n) is 19.5. The van der Waals surface area contributed by atoms with Crippen molar-refractivity contribution in [3.63, 3.8) is 0 Å². The lowest BCUT2D eigenvalue weighted by Crippen LogP contribution is -2.60. The Morgan fingerprint density at radius 2 is 0.925 bits per heavy atom. The number of ketones is 1. The van der Waals surface area contributed by atoms with Crippen LogP contribution in [0.5, 0.6) is 0 Å². The van der Waals surface area contributed by atoms with Crippen molar-refractivity contribution in [3.05, 3.63) is 0 Å². The number of likely N-dealkylation sites (N-methyl/N-ethyl adjacent to an activating group) is 4. The summed E-state index contributed by atoms with van der Waals surface area (Å²) in [6, 6.07) is -5.23. The predicted molar refractivity (Wildman–Crippen MR) is 207 cm³/mol. The molecule has 0 saturated heterocycles. The van der Waals surface area contributed by atoms with E-state index in [9.17, 15) is 33.6 Å². The highest BCUT2D eigenvalue weighted by Gasteiger charge is 2.53. The van der Waals surface area contributed by atoms with Gasteiger partial charge in [0.05, 0.1) is 6.04 Å². The maximum Gasteiger partial charge on any atom is 0.245 e. The van der Waals surface area contributed by atoms with Crippen LogP contribution in [0.25, 0.3) is 0 Å². The van der Waals surface area contributed by atoms with E-state index in [0.29, 0.717) is 25.2 Å². The van der Waals surface area contributed by atoms with Crippen LogP contribution in [0.3, 0.4) is 0 Å². The van der Waals surface area contributed by atoms with Gasteiger partial charge in [-0.15, -0.1) is 0 Å². The Labute approximate surface area is 319 Å². The topological polar surface area (TPSA) is 157 Å². The molecule has 0 heterocycles. The van der Waals surface area contributed by atoms with Gasteiger partial charge < -0.3 is 30.2 Å². The number of carbonyl (C=O) groups is 7. The third-order valence-corrected chi connectivity index (χ3v) is 11.3. The van der Waals surface area contributed by atoms with E-state index in [1.165, 1.54) is 54.7 Å². The SMILES string of the molecule is CC(=O)C(C)N(C)C(=O)C(C)N(C)C(=O)C(NC(=O)C(CC(C)C)N(C)C(=O)C(C)N(C)C(=O)C(CC(C)C)NC(=O)C(C)CC(C)C)C1C(C)C1C. The van der Waals surface area contributed by atoms with Crippen molar-refractivity contribution in [1.29, 1.82) is 0 Å². The summed E-state index contributed by atoms with van der Waals surface area (Å²) in [6.07, 6.45) is 1.38. The highest BCUT2D eigenvalue weighted by Crippen LogP contribution is 2.48. The van der Waals surface area contributed by atoms with Gasteiger partial charge >= 0.3 is 0 Å². The fraction of sp³-hybridized carbons (Fsp3) is 0.825. The van der Waals surface area contributed by atoms with Gasteiger partial charge in [-0.05, 0) is 82.5 Å². The van der Waals surface area contributed by atoms with Crippen molar-refractivity contribution in [3.8, 4) is 0 Å². The molecule has 13 heteroatoms. The standard InChI is InChI=1S/C40H72N6O7/c1-21(2)18-24(7)35(48)41-31(19-22(3)4)39(52)44(15)29(12)38(51)46(17)32(20-23(5)6)36(49)42-34(33-25(8)26(33)9)40(53)45(16)28(11)37(50)43(14)27(10)30(13)47/h21-29,31-34H,18-20H2,1-17H3,(H,41,48)(H,42,49). The van der Waals surface area contributed by atoms with Crippen LogP contribution in [0.1, 0.15) is 109 Å². The summed E-state index contributed by atoms with van der Waals surface area (Å²) in [5.74, 6) is -2.33. The molecule has 0 aliphatic heterocycles. The molecular weight excluding hydrogens is 676 g/mol. The molecule has 0 radical (unpaired) electrons. The van der Waals surface area contributed by atoms with Crippen LogP contribution in [0.4, 0.5) is 0 Å². The van der Waals surface area contributed by atoms with Crippen LogP contribution in [-0.2, 0) is 33.6 Å².